The van der Waals surface area contributed by atoms with Crippen molar-refractivity contribution in [3.8, 4) is 39.8 Å². The summed E-state index contributed by atoms with van der Waals surface area (Å²) in [6.45, 7) is -0.130. The lowest BCUT2D eigenvalue weighted by Gasteiger charge is -2.36. The summed E-state index contributed by atoms with van der Waals surface area (Å²) in [7, 11) is 0. The second-order valence-electron chi connectivity index (χ2n) is 17.6. The maximum atomic E-state index is 7.13. The average molecular weight is 843 g/mol. The summed E-state index contributed by atoms with van der Waals surface area (Å²) in [4.78, 5) is 2.37. The number of ether oxygens (including phenoxy) is 2. The maximum absolute atomic E-state index is 7.13. The van der Waals surface area contributed by atoms with Gasteiger partial charge in [0.1, 0.15) is 23.0 Å². The Morgan fingerprint density at radius 2 is 0.924 bits per heavy atom. The third-order valence-corrected chi connectivity index (χ3v) is 14.1. The first-order valence-corrected chi connectivity index (χ1v) is 22.7. The van der Waals surface area contributed by atoms with Crippen LogP contribution in [0.4, 0.5) is 17.1 Å². The van der Waals surface area contributed by atoms with Crippen LogP contribution in [0, 0.1) is 0 Å². The Bertz CT molecular complexity index is 3630. The number of para-hydroxylation sites is 4. The highest BCUT2D eigenvalue weighted by Crippen LogP contribution is 2.58. The van der Waals surface area contributed by atoms with E-state index in [9.17, 15) is 0 Å². The molecule has 5 heteroatoms. The molecule has 4 nitrogen and oxygen atoms in total. The van der Waals surface area contributed by atoms with Gasteiger partial charge in [-0.25, -0.2) is 0 Å². The average Bonchev–Trinajstić information content (AvgIpc) is 3.85. The van der Waals surface area contributed by atoms with Crippen molar-refractivity contribution in [3.05, 3.63) is 259 Å². The number of aromatic nitrogens is 1. The number of fused-ring (bicyclic) bond motifs is 10. The molecule has 0 N–H and O–H groups in total. The predicted octanol–water partition coefficient (Wildman–Crippen LogP) is 13.3. The van der Waals surface area contributed by atoms with Crippen LogP contribution in [0.5, 0.6) is 23.0 Å². The summed E-state index contributed by atoms with van der Waals surface area (Å²) < 4.78 is 16.4. The summed E-state index contributed by atoms with van der Waals surface area (Å²) in [6.07, 6.45) is 0. The molecule has 0 radical (unpaired) electrons. The molecule has 308 valence electrons. The van der Waals surface area contributed by atoms with E-state index in [-0.39, 0.29) is 6.71 Å². The van der Waals surface area contributed by atoms with Gasteiger partial charge in [-0.05, 0) is 117 Å². The summed E-state index contributed by atoms with van der Waals surface area (Å²) in [5.74, 6) is 3.38. The van der Waals surface area contributed by atoms with Crippen molar-refractivity contribution in [2.75, 3.05) is 4.90 Å². The van der Waals surface area contributed by atoms with E-state index >= 15 is 0 Å². The van der Waals surface area contributed by atoms with Gasteiger partial charge in [0.2, 0.25) is 0 Å². The SMILES string of the molecule is c1ccc(N(c2ccccc2)c2ccc3c(c2)C(c2ccccc2)(c2ccccc2)c2cc4c(cc2-3)B2c3cc5c6ccccc6n(-c6ccccc6)c5cc3Oc3cccc(c32)O4)cc1. The van der Waals surface area contributed by atoms with Gasteiger partial charge < -0.3 is 18.9 Å². The molecule has 0 spiro atoms. The highest BCUT2D eigenvalue weighted by molar-refractivity contribution is 6.98. The zero-order chi connectivity index (χ0) is 43.3. The molecule has 10 aromatic carbocycles. The Hall–Kier alpha value is -8.54. The molecule has 0 saturated carbocycles. The highest BCUT2D eigenvalue weighted by atomic mass is 16.5. The van der Waals surface area contributed by atoms with Crippen molar-refractivity contribution in [1.82, 2.24) is 4.57 Å². The molecule has 0 amide bonds. The van der Waals surface area contributed by atoms with Crippen molar-refractivity contribution in [3.63, 3.8) is 0 Å². The van der Waals surface area contributed by atoms with Gasteiger partial charge in [0, 0.05) is 45.1 Å². The summed E-state index contributed by atoms with van der Waals surface area (Å²) in [5, 5.41) is 2.40. The molecule has 3 aliphatic rings. The Morgan fingerprint density at radius 3 is 1.58 bits per heavy atom. The maximum Gasteiger partial charge on any atom is 0.260 e. The van der Waals surface area contributed by atoms with Gasteiger partial charge in [0.05, 0.1) is 16.4 Å². The molecule has 0 saturated heterocycles. The molecule has 3 heterocycles. The number of rotatable bonds is 6. The topological polar surface area (TPSA) is 26.6 Å². The van der Waals surface area contributed by atoms with Crippen LogP contribution in [0.3, 0.4) is 0 Å². The molecule has 11 aromatic rings. The predicted molar refractivity (Wildman–Crippen MR) is 270 cm³/mol. The fraction of sp³-hybridized carbons (Fsp3) is 0.0164. The molecule has 1 aliphatic carbocycles. The van der Waals surface area contributed by atoms with Crippen LogP contribution in [0.2, 0.25) is 0 Å². The molecule has 0 atom stereocenters. The summed E-state index contributed by atoms with van der Waals surface area (Å²) >= 11 is 0. The number of nitrogens with zero attached hydrogens (tertiary/aromatic N) is 2. The van der Waals surface area contributed by atoms with E-state index in [1.165, 1.54) is 44.2 Å². The lowest BCUT2D eigenvalue weighted by Crippen LogP contribution is -2.57. The molecule has 1 aromatic heterocycles. The third kappa shape index (κ3) is 5.22. The van der Waals surface area contributed by atoms with E-state index in [1.54, 1.807) is 0 Å². The third-order valence-electron chi connectivity index (χ3n) is 14.1. The minimum atomic E-state index is -0.665. The highest BCUT2D eigenvalue weighted by Gasteiger charge is 2.49. The number of anilines is 3. The van der Waals surface area contributed by atoms with Crippen molar-refractivity contribution >= 4 is 62.0 Å². The van der Waals surface area contributed by atoms with Crippen LogP contribution in [0.1, 0.15) is 22.3 Å². The Labute approximate surface area is 383 Å². The number of benzene rings is 10. The fourth-order valence-corrected chi connectivity index (χ4v) is 11.5. The van der Waals surface area contributed by atoms with Gasteiger partial charge in [-0.15, -0.1) is 0 Å². The molecular formula is C61H39BN2O2. The smallest absolute Gasteiger partial charge is 0.260 e. The van der Waals surface area contributed by atoms with E-state index in [4.69, 9.17) is 9.47 Å². The van der Waals surface area contributed by atoms with Crippen molar-refractivity contribution < 1.29 is 9.47 Å². The molecular weight excluding hydrogens is 803 g/mol. The minimum absolute atomic E-state index is 0.130. The second-order valence-corrected chi connectivity index (χ2v) is 17.6. The minimum Gasteiger partial charge on any atom is -0.458 e. The van der Waals surface area contributed by atoms with Crippen LogP contribution >= 0.6 is 0 Å². The molecule has 0 fully saturated rings. The van der Waals surface area contributed by atoms with Crippen molar-refractivity contribution in [2.45, 2.75) is 5.41 Å². The first kappa shape index (κ1) is 36.9. The second kappa shape index (κ2) is 14.2. The van der Waals surface area contributed by atoms with Gasteiger partial charge in [0.25, 0.3) is 6.71 Å². The van der Waals surface area contributed by atoms with Crippen LogP contribution in [-0.4, -0.2) is 11.3 Å². The number of hydrogen-bond donors (Lipinski definition) is 0. The summed E-state index contributed by atoms with van der Waals surface area (Å²) in [5.41, 5.74) is 16.6. The Morgan fingerprint density at radius 1 is 0.379 bits per heavy atom. The molecule has 0 bridgehead atoms. The first-order chi connectivity index (χ1) is 32.7. The van der Waals surface area contributed by atoms with E-state index in [2.05, 4.69) is 246 Å². The lowest BCUT2D eigenvalue weighted by atomic mass is 9.34. The fourth-order valence-electron chi connectivity index (χ4n) is 11.5. The zero-order valence-electron chi connectivity index (χ0n) is 35.8. The molecule has 0 unspecified atom stereocenters. The lowest BCUT2D eigenvalue weighted by molar-refractivity contribution is 0.464. The Balaban J connectivity index is 1.04. The van der Waals surface area contributed by atoms with Crippen molar-refractivity contribution in [1.29, 1.82) is 0 Å². The standard InChI is InChI=1S/C61H39BN2O2/c1-6-19-40(20-7-1)61(41-21-8-2-9-22-41)50-35-45(63(42-23-10-3-11-24-42)43-25-12-4-13-26-43)33-34-46(50)48-36-52-58(38-51(48)61)65-56-31-18-32-57-60(56)62(52)53-37-49-47-29-16-17-30-54(47)64(44-27-14-5-15-28-44)55(49)39-59(53)66-57/h1-39H. The van der Waals surface area contributed by atoms with Crippen LogP contribution < -0.4 is 30.8 Å². The molecule has 14 rings (SSSR count). The van der Waals surface area contributed by atoms with E-state index in [0.717, 1.165) is 73.2 Å². The summed E-state index contributed by atoms with van der Waals surface area (Å²) in [6, 6.07) is 85.5. The van der Waals surface area contributed by atoms with Crippen LogP contribution in [0.15, 0.2) is 237 Å². The van der Waals surface area contributed by atoms with E-state index < -0.39 is 5.41 Å². The quantitative estimate of drug-likeness (QED) is 0.156. The Kier molecular flexibility index (Phi) is 7.96. The van der Waals surface area contributed by atoms with Gasteiger partial charge in [0.15, 0.2) is 0 Å². The molecule has 2 aliphatic heterocycles. The van der Waals surface area contributed by atoms with Gasteiger partial charge in [-0.3, -0.25) is 0 Å². The van der Waals surface area contributed by atoms with Gasteiger partial charge in [-0.2, -0.15) is 0 Å². The zero-order valence-corrected chi connectivity index (χ0v) is 35.8. The van der Waals surface area contributed by atoms with Gasteiger partial charge >= 0.3 is 0 Å². The van der Waals surface area contributed by atoms with Crippen molar-refractivity contribution in [2.24, 2.45) is 0 Å². The number of hydrogen-bond acceptors (Lipinski definition) is 3. The van der Waals surface area contributed by atoms with Crippen LogP contribution in [-0.2, 0) is 5.41 Å². The largest absolute Gasteiger partial charge is 0.458 e. The normalized spacial score (nSPS) is 13.5. The first-order valence-electron chi connectivity index (χ1n) is 22.7. The van der Waals surface area contributed by atoms with E-state index in [0.29, 0.717) is 0 Å². The van der Waals surface area contributed by atoms with Gasteiger partial charge in [-0.1, -0.05) is 158 Å². The monoisotopic (exact) mass is 842 g/mol. The molecule has 66 heavy (non-hydrogen) atoms. The van der Waals surface area contributed by atoms with Crippen LogP contribution in [0.25, 0.3) is 38.6 Å². The van der Waals surface area contributed by atoms with E-state index in [1.807, 2.05) is 0 Å².